The molecule has 0 saturated heterocycles. The van der Waals surface area contributed by atoms with Crippen LogP contribution in [0.5, 0.6) is 0 Å². The Morgan fingerprint density at radius 3 is 2.50 bits per heavy atom. The number of nitrogens with two attached hydrogens (primary N) is 1. The molecule has 2 rings (SSSR count). The first-order chi connectivity index (χ1) is 10.5. The van der Waals surface area contributed by atoms with E-state index in [1.807, 2.05) is 0 Å². The van der Waals surface area contributed by atoms with Crippen molar-refractivity contribution in [3.63, 3.8) is 0 Å². The van der Waals surface area contributed by atoms with Crippen LogP contribution in [0.1, 0.15) is 19.3 Å². The number of hydrogen-bond donors (Lipinski definition) is 3. The first-order valence-electron chi connectivity index (χ1n) is 7.11. The summed E-state index contributed by atoms with van der Waals surface area (Å²) in [4.78, 5) is 34.1. The molecule has 0 aliphatic heterocycles. The zero-order chi connectivity index (χ0) is 15.9. The summed E-state index contributed by atoms with van der Waals surface area (Å²) in [5.74, 6) is 0.405. The standard InChI is InChI=1S/C15H19N3O3S/c16-13(19)9-22-7-6-14(20)17-11-2-1-3-12(8-11)18-15(21)10-4-5-10/h1-3,8,10H,4-7,9H2,(H2,16,19)(H,17,20)(H,18,21). The minimum atomic E-state index is -0.385. The number of carbonyl (C=O) groups excluding carboxylic acids is 3. The van der Waals surface area contributed by atoms with Crippen LogP contribution >= 0.6 is 11.8 Å². The van der Waals surface area contributed by atoms with Gasteiger partial charge in [0.15, 0.2) is 0 Å². The van der Waals surface area contributed by atoms with Gasteiger partial charge in [0.05, 0.1) is 5.75 Å². The van der Waals surface area contributed by atoms with Gasteiger partial charge in [0.1, 0.15) is 0 Å². The van der Waals surface area contributed by atoms with Crippen LogP contribution in [0.2, 0.25) is 0 Å². The van der Waals surface area contributed by atoms with E-state index in [0.717, 1.165) is 12.8 Å². The summed E-state index contributed by atoms with van der Waals surface area (Å²) in [6.45, 7) is 0. The number of carbonyl (C=O) groups is 3. The summed E-state index contributed by atoms with van der Waals surface area (Å²) in [5.41, 5.74) is 6.34. The summed E-state index contributed by atoms with van der Waals surface area (Å²) in [6.07, 6.45) is 2.20. The van der Waals surface area contributed by atoms with Crippen LogP contribution in [-0.4, -0.2) is 29.2 Å². The molecule has 0 aromatic heterocycles. The third kappa shape index (κ3) is 5.77. The van der Waals surface area contributed by atoms with Gasteiger partial charge in [-0.3, -0.25) is 14.4 Å². The highest BCUT2D eigenvalue weighted by Crippen LogP contribution is 2.30. The Morgan fingerprint density at radius 1 is 1.18 bits per heavy atom. The van der Waals surface area contributed by atoms with E-state index < -0.39 is 0 Å². The zero-order valence-electron chi connectivity index (χ0n) is 12.1. The first kappa shape index (κ1) is 16.4. The lowest BCUT2D eigenvalue weighted by Gasteiger charge is -2.08. The number of benzene rings is 1. The molecule has 0 atom stereocenters. The van der Waals surface area contributed by atoms with Crippen LogP contribution in [0, 0.1) is 5.92 Å². The number of hydrogen-bond acceptors (Lipinski definition) is 4. The van der Waals surface area contributed by atoms with Gasteiger partial charge in [-0.25, -0.2) is 0 Å². The van der Waals surface area contributed by atoms with Crippen molar-refractivity contribution in [2.45, 2.75) is 19.3 Å². The lowest BCUT2D eigenvalue weighted by molar-refractivity contribution is -0.117. The van der Waals surface area contributed by atoms with E-state index in [1.54, 1.807) is 24.3 Å². The van der Waals surface area contributed by atoms with Gasteiger partial charge in [0, 0.05) is 29.5 Å². The molecule has 4 N–H and O–H groups in total. The summed E-state index contributed by atoms with van der Waals surface area (Å²) < 4.78 is 0. The normalized spacial score (nSPS) is 13.5. The van der Waals surface area contributed by atoms with E-state index in [9.17, 15) is 14.4 Å². The third-order valence-corrected chi connectivity index (χ3v) is 4.06. The fourth-order valence-electron chi connectivity index (χ4n) is 1.83. The molecule has 7 heteroatoms. The molecule has 1 aromatic rings. The molecule has 6 nitrogen and oxygen atoms in total. The highest BCUT2D eigenvalue weighted by atomic mass is 32.2. The predicted molar refractivity (Wildman–Crippen MR) is 87.6 cm³/mol. The SMILES string of the molecule is NC(=O)CSCCC(=O)Nc1cccc(NC(=O)C2CC2)c1. The van der Waals surface area contributed by atoms with Crippen LogP contribution < -0.4 is 16.4 Å². The van der Waals surface area contributed by atoms with Gasteiger partial charge in [0.25, 0.3) is 0 Å². The molecule has 3 amide bonds. The van der Waals surface area contributed by atoms with E-state index in [2.05, 4.69) is 10.6 Å². The average molecular weight is 321 g/mol. The van der Waals surface area contributed by atoms with Crippen molar-refractivity contribution in [3.8, 4) is 0 Å². The fourth-order valence-corrected chi connectivity index (χ4v) is 2.50. The molecular formula is C15H19N3O3S. The van der Waals surface area contributed by atoms with Crippen molar-refractivity contribution in [2.75, 3.05) is 22.1 Å². The fraction of sp³-hybridized carbons (Fsp3) is 0.400. The van der Waals surface area contributed by atoms with E-state index in [-0.39, 0.29) is 29.4 Å². The highest BCUT2D eigenvalue weighted by Gasteiger charge is 2.29. The molecule has 22 heavy (non-hydrogen) atoms. The lowest BCUT2D eigenvalue weighted by atomic mass is 10.2. The number of rotatable bonds is 8. The Labute approximate surface area is 133 Å². The second-order valence-corrected chi connectivity index (χ2v) is 6.27. The minimum absolute atomic E-state index is 0.0336. The average Bonchev–Trinajstić information content (AvgIpc) is 3.28. The second-order valence-electron chi connectivity index (χ2n) is 5.16. The maximum absolute atomic E-state index is 11.8. The number of primary amides is 1. The van der Waals surface area contributed by atoms with Crippen molar-refractivity contribution < 1.29 is 14.4 Å². The van der Waals surface area contributed by atoms with Crippen LogP contribution in [0.3, 0.4) is 0 Å². The molecule has 1 aromatic carbocycles. The van der Waals surface area contributed by atoms with Gasteiger partial charge in [-0.05, 0) is 31.0 Å². The Bertz CT molecular complexity index is 573. The van der Waals surface area contributed by atoms with E-state index in [0.29, 0.717) is 23.5 Å². The van der Waals surface area contributed by atoms with E-state index in [1.165, 1.54) is 11.8 Å². The topological polar surface area (TPSA) is 101 Å². The van der Waals surface area contributed by atoms with Crippen LogP contribution in [-0.2, 0) is 14.4 Å². The summed E-state index contributed by atoms with van der Waals surface area (Å²) in [5, 5.41) is 5.61. The van der Waals surface area contributed by atoms with E-state index in [4.69, 9.17) is 5.73 Å². The van der Waals surface area contributed by atoms with Gasteiger partial charge in [0.2, 0.25) is 17.7 Å². The molecule has 1 aliphatic rings. The number of anilines is 2. The van der Waals surface area contributed by atoms with Gasteiger partial charge >= 0.3 is 0 Å². The molecule has 0 unspecified atom stereocenters. The smallest absolute Gasteiger partial charge is 0.227 e. The van der Waals surface area contributed by atoms with Crippen molar-refractivity contribution >= 4 is 40.9 Å². The van der Waals surface area contributed by atoms with Crippen molar-refractivity contribution in [3.05, 3.63) is 24.3 Å². The van der Waals surface area contributed by atoms with Gasteiger partial charge in [-0.1, -0.05) is 6.07 Å². The molecule has 0 bridgehead atoms. The Balaban J connectivity index is 1.77. The number of thioether (sulfide) groups is 1. The largest absolute Gasteiger partial charge is 0.369 e. The molecule has 1 fully saturated rings. The highest BCUT2D eigenvalue weighted by molar-refractivity contribution is 7.99. The van der Waals surface area contributed by atoms with Crippen molar-refractivity contribution in [1.29, 1.82) is 0 Å². The molecular weight excluding hydrogens is 302 g/mol. The Kier molecular flexibility index (Phi) is 5.83. The molecule has 1 saturated carbocycles. The Hall–Kier alpha value is -2.02. The van der Waals surface area contributed by atoms with Crippen LogP contribution in [0.15, 0.2) is 24.3 Å². The second kappa shape index (κ2) is 7.84. The Morgan fingerprint density at radius 2 is 1.86 bits per heavy atom. The summed E-state index contributed by atoms with van der Waals surface area (Å²) in [6, 6.07) is 7.06. The first-order valence-corrected chi connectivity index (χ1v) is 8.27. The van der Waals surface area contributed by atoms with Crippen molar-refractivity contribution in [1.82, 2.24) is 0 Å². The quantitative estimate of drug-likeness (QED) is 0.633. The molecule has 118 valence electrons. The minimum Gasteiger partial charge on any atom is -0.369 e. The summed E-state index contributed by atoms with van der Waals surface area (Å²) in [7, 11) is 0. The zero-order valence-corrected chi connectivity index (χ0v) is 12.9. The van der Waals surface area contributed by atoms with E-state index >= 15 is 0 Å². The lowest BCUT2D eigenvalue weighted by Crippen LogP contribution is -2.16. The van der Waals surface area contributed by atoms with Gasteiger partial charge in [-0.2, -0.15) is 11.8 Å². The van der Waals surface area contributed by atoms with Gasteiger partial charge in [-0.15, -0.1) is 0 Å². The molecule has 0 heterocycles. The maximum atomic E-state index is 11.8. The third-order valence-electron chi connectivity index (χ3n) is 3.08. The summed E-state index contributed by atoms with van der Waals surface area (Å²) >= 11 is 1.33. The van der Waals surface area contributed by atoms with Crippen molar-refractivity contribution in [2.24, 2.45) is 11.7 Å². The van der Waals surface area contributed by atoms with Crippen LogP contribution in [0.25, 0.3) is 0 Å². The molecule has 0 spiro atoms. The number of amides is 3. The van der Waals surface area contributed by atoms with Crippen LogP contribution in [0.4, 0.5) is 11.4 Å². The molecule has 0 radical (unpaired) electrons. The number of nitrogens with one attached hydrogen (secondary N) is 2. The maximum Gasteiger partial charge on any atom is 0.227 e. The molecule has 1 aliphatic carbocycles. The van der Waals surface area contributed by atoms with Gasteiger partial charge < -0.3 is 16.4 Å². The monoisotopic (exact) mass is 321 g/mol. The predicted octanol–water partition coefficient (Wildman–Crippen LogP) is 1.58.